The lowest BCUT2D eigenvalue weighted by Crippen LogP contribution is -2.41. The maximum absolute atomic E-state index is 12.6. The second kappa shape index (κ2) is 5.30. The molecule has 1 aromatic heterocycles. The van der Waals surface area contributed by atoms with E-state index in [1.165, 1.54) is 4.68 Å². The largest absolute Gasteiger partial charge is 0.480 e. The highest BCUT2D eigenvalue weighted by atomic mass is 32.2. The number of rotatable bonds is 5. The van der Waals surface area contributed by atoms with Gasteiger partial charge in [0, 0.05) is 13.1 Å². The van der Waals surface area contributed by atoms with Crippen molar-refractivity contribution >= 4 is 16.0 Å². The van der Waals surface area contributed by atoms with Gasteiger partial charge < -0.3 is 5.11 Å². The number of aliphatic carboxylic acids is 1. The first kappa shape index (κ1) is 15.6. The minimum Gasteiger partial charge on any atom is -0.480 e. The Morgan fingerprint density at radius 3 is 2.26 bits per heavy atom. The summed E-state index contributed by atoms with van der Waals surface area (Å²) in [6, 6.07) is -0.444. The van der Waals surface area contributed by atoms with Gasteiger partial charge in [0.2, 0.25) is 10.0 Å². The standard InChI is InChI=1S/C11H19N3O4S/c1-7(2)14(6-10(15)16)19(17,18)11-8(3)12-13(5)9(11)4/h7H,6H2,1-5H3,(H,15,16). The van der Waals surface area contributed by atoms with Crippen LogP contribution in [0, 0.1) is 13.8 Å². The van der Waals surface area contributed by atoms with Gasteiger partial charge in [-0.3, -0.25) is 9.48 Å². The lowest BCUT2D eigenvalue weighted by atomic mass is 10.4. The first-order valence-electron chi connectivity index (χ1n) is 5.82. The van der Waals surface area contributed by atoms with Crippen LogP contribution < -0.4 is 0 Å². The number of carboxylic acids is 1. The van der Waals surface area contributed by atoms with E-state index in [1.54, 1.807) is 34.7 Å². The van der Waals surface area contributed by atoms with Crippen molar-refractivity contribution in [1.82, 2.24) is 14.1 Å². The molecular formula is C11H19N3O4S. The number of hydrogen-bond donors (Lipinski definition) is 1. The van der Waals surface area contributed by atoms with E-state index in [4.69, 9.17) is 5.11 Å². The normalized spacial score (nSPS) is 12.4. The zero-order valence-corrected chi connectivity index (χ0v) is 12.5. The summed E-state index contributed by atoms with van der Waals surface area (Å²) in [6.45, 7) is 5.96. The third-order valence-corrected chi connectivity index (χ3v) is 5.15. The van der Waals surface area contributed by atoms with Crippen LogP contribution in [0.5, 0.6) is 0 Å². The van der Waals surface area contributed by atoms with Crippen LogP contribution in [-0.4, -0.2) is 46.2 Å². The maximum atomic E-state index is 12.6. The number of hydrogen-bond acceptors (Lipinski definition) is 4. The van der Waals surface area contributed by atoms with E-state index >= 15 is 0 Å². The molecule has 1 N–H and O–H groups in total. The average molecular weight is 289 g/mol. The maximum Gasteiger partial charge on any atom is 0.318 e. The summed E-state index contributed by atoms with van der Waals surface area (Å²) in [6.07, 6.45) is 0. The molecule has 7 nitrogen and oxygen atoms in total. The zero-order chi connectivity index (χ0) is 15.0. The van der Waals surface area contributed by atoms with Gasteiger partial charge in [0.1, 0.15) is 11.4 Å². The Labute approximate surface area is 112 Å². The summed E-state index contributed by atoms with van der Waals surface area (Å²) in [5.41, 5.74) is 0.865. The highest BCUT2D eigenvalue weighted by molar-refractivity contribution is 7.89. The highest BCUT2D eigenvalue weighted by Crippen LogP contribution is 2.24. The topological polar surface area (TPSA) is 92.5 Å². The molecule has 19 heavy (non-hydrogen) atoms. The van der Waals surface area contributed by atoms with Crippen LogP contribution in [-0.2, 0) is 21.9 Å². The molecule has 1 heterocycles. The highest BCUT2D eigenvalue weighted by Gasteiger charge is 2.33. The number of sulfonamides is 1. The lowest BCUT2D eigenvalue weighted by molar-refractivity contribution is -0.137. The summed E-state index contributed by atoms with van der Waals surface area (Å²) < 4.78 is 27.6. The SMILES string of the molecule is Cc1nn(C)c(C)c1S(=O)(=O)N(CC(=O)O)C(C)C. The molecule has 0 spiro atoms. The summed E-state index contributed by atoms with van der Waals surface area (Å²) >= 11 is 0. The van der Waals surface area contributed by atoms with E-state index in [9.17, 15) is 13.2 Å². The van der Waals surface area contributed by atoms with Gasteiger partial charge in [0.15, 0.2) is 0 Å². The second-order valence-corrected chi connectivity index (χ2v) is 6.49. The Bertz CT molecular complexity index is 589. The van der Waals surface area contributed by atoms with E-state index in [2.05, 4.69) is 5.10 Å². The Morgan fingerprint density at radius 1 is 1.42 bits per heavy atom. The number of nitrogens with zero attached hydrogens (tertiary/aromatic N) is 3. The van der Waals surface area contributed by atoms with Gasteiger partial charge >= 0.3 is 5.97 Å². The monoisotopic (exact) mass is 289 g/mol. The van der Waals surface area contributed by atoms with Crippen LogP contribution in [0.15, 0.2) is 4.90 Å². The van der Waals surface area contributed by atoms with Crippen LogP contribution in [0.2, 0.25) is 0 Å². The molecule has 0 bridgehead atoms. The second-order valence-electron chi connectivity index (χ2n) is 4.66. The van der Waals surface area contributed by atoms with Crippen molar-refractivity contribution in [2.45, 2.75) is 38.6 Å². The first-order valence-corrected chi connectivity index (χ1v) is 7.26. The predicted molar refractivity (Wildman–Crippen MR) is 69.3 cm³/mol. The molecule has 0 saturated carbocycles. The Hall–Kier alpha value is -1.41. The van der Waals surface area contributed by atoms with Crippen LogP contribution in [0.25, 0.3) is 0 Å². The van der Waals surface area contributed by atoms with Crippen LogP contribution >= 0.6 is 0 Å². The average Bonchev–Trinajstić information content (AvgIpc) is 2.49. The minimum atomic E-state index is -3.87. The van der Waals surface area contributed by atoms with E-state index in [-0.39, 0.29) is 4.90 Å². The van der Waals surface area contributed by atoms with Crippen LogP contribution in [0.3, 0.4) is 0 Å². The molecule has 0 aliphatic rings. The summed E-state index contributed by atoms with van der Waals surface area (Å²) in [4.78, 5) is 10.9. The van der Waals surface area contributed by atoms with E-state index in [0.717, 1.165) is 4.31 Å². The molecule has 108 valence electrons. The van der Waals surface area contributed by atoms with Gasteiger partial charge in [-0.1, -0.05) is 0 Å². The third-order valence-electron chi connectivity index (χ3n) is 2.88. The van der Waals surface area contributed by atoms with Crippen molar-refractivity contribution in [3.63, 3.8) is 0 Å². The molecule has 8 heteroatoms. The summed E-state index contributed by atoms with van der Waals surface area (Å²) in [5, 5.41) is 12.9. The van der Waals surface area contributed by atoms with Crippen molar-refractivity contribution in [1.29, 1.82) is 0 Å². The van der Waals surface area contributed by atoms with Crippen molar-refractivity contribution < 1.29 is 18.3 Å². The van der Waals surface area contributed by atoms with E-state index in [0.29, 0.717) is 11.4 Å². The van der Waals surface area contributed by atoms with Crippen LogP contribution in [0.1, 0.15) is 25.2 Å². The molecule has 0 aromatic carbocycles. The zero-order valence-electron chi connectivity index (χ0n) is 11.7. The molecule has 0 saturated heterocycles. The number of carbonyl (C=O) groups is 1. The first-order chi connectivity index (χ1) is 8.59. The molecule has 0 atom stereocenters. The van der Waals surface area contributed by atoms with Crippen LogP contribution in [0.4, 0.5) is 0 Å². The van der Waals surface area contributed by atoms with Gasteiger partial charge in [-0.15, -0.1) is 0 Å². The summed E-state index contributed by atoms with van der Waals surface area (Å²) in [7, 11) is -2.22. The fourth-order valence-electron chi connectivity index (χ4n) is 1.92. The molecule has 0 aliphatic carbocycles. The van der Waals surface area contributed by atoms with Crippen molar-refractivity contribution in [3.05, 3.63) is 11.4 Å². The Kier molecular flexibility index (Phi) is 4.36. The fraction of sp³-hybridized carbons (Fsp3) is 0.636. The van der Waals surface area contributed by atoms with Gasteiger partial charge in [-0.2, -0.15) is 9.40 Å². The molecule has 0 fully saturated rings. The van der Waals surface area contributed by atoms with Crippen molar-refractivity contribution in [2.75, 3.05) is 6.54 Å². The third kappa shape index (κ3) is 2.95. The number of carboxylic acid groups (broad SMARTS) is 1. The molecule has 0 aliphatic heterocycles. The molecular weight excluding hydrogens is 270 g/mol. The van der Waals surface area contributed by atoms with Crippen molar-refractivity contribution in [2.24, 2.45) is 7.05 Å². The van der Waals surface area contributed by atoms with Gasteiger partial charge in [-0.05, 0) is 27.7 Å². The van der Waals surface area contributed by atoms with Gasteiger partial charge in [0.05, 0.1) is 11.4 Å². The molecule has 1 aromatic rings. The molecule has 0 unspecified atom stereocenters. The van der Waals surface area contributed by atoms with E-state index < -0.39 is 28.6 Å². The Balaban J connectivity index is 3.39. The quantitative estimate of drug-likeness (QED) is 0.853. The minimum absolute atomic E-state index is 0.0879. The lowest BCUT2D eigenvalue weighted by Gasteiger charge is -2.24. The van der Waals surface area contributed by atoms with E-state index in [1.807, 2.05) is 0 Å². The number of aryl methyl sites for hydroxylation is 2. The molecule has 0 amide bonds. The number of aromatic nitrogens is 2. The van der Waals surface area contributed by atoms with Gasteiger partial charge in [0.25, 0.3) is 0 Å². The van der Waals surface area contributed by atoms with Gasteiger partial charge in [-0.25, -0.2) is 8.42 Å². The fourth-order valence-corrected chi connectivity index (χ4v) is 3.91. The van der Waals surface area contributed by atoms with Crippen molar-refractivity contribution in [3.8, 4) is 0 Å². The predicted octanol–water partition coefficient (Wildman–Crippen LogP) is 0.521. The smallest absolute Gasteiger partial charge is 0.318 e. The molecule has 1 rings (SSSR count). The Morgan fingerprint density at radius 2 is 1.95 bits per heavy atom. The summed E-state index contributed by atoms with van der Waals surface area (Å²) in [5.74, 6) is -1.18. The molecule has 0 radical (unpaired) electrons.